The third kappa shape index (κ3) is 3.76. The molecule has 108 valence electrons. The van der Waals surface area contributed by atoms with Gasteiger partial charge in [-0.25, -0.2) is 13.8 Å². The molecular formula is C11H15F4N3O. The largest absolute Gasteiger partial charge is 0.319 e. The first-order valence-electron chi connectivity index (χ1n) is 5.62. The fourth-order valence-electron chi connectivity index (χ4n) is 1.71. The van der Waals surface area contributed by atoms with E-state index >= 15 is 0 Å². The Hall–Kier alpha value is -1.44. The van der Waals surface area contributed by atoms with Gasteiger partial charge in [-0.15, -0.1) is 0 Å². The van der Waals surface area contributed by atoms with Crippen LogP contribution in [0.1, 0.15) is 30.0 Å². The van der Waals surface area contributed by atoms with E-state index in [9.17, 15) is 22.4 Å². The van der Waals surface area contributed by atoms with E-state index in [-0.39, 0.29) is 5.56 Å². The highest BCUT2D eigenvalue weighted by atomic mass is 19.3. The van der Waals surface area contributed by atoms with Crippen LogP contribution in [0.5, 0.6) is 0 Å². The fraction of sp³-hybridized carbons (Fsp3) is 0.636. The lowest BCUT2D eigenvalue weighted by Crippen LogP contribution is -2.41. The van der Waals surface area contributed by atoms with Crippen molar-refractivity contribution in [2.75, 3.05) is 6.54 Å². The van der Waals surface area contributed by atoms with Crippen molar-refractivity contribution in [2.24, 2.45) is 0 Å². The van der Waals surface area contributed by atoms with Gasteiger partial charge in [0, 0.05) is 11.7 Å². The van der Waals surface area contributed by atoms with Gasteiger partial charge in [0.2, 0.25) is 0 Å². The molecule has 0 amide bonds. The first-order chi connectivity index (χ1) is 8.65. The Bertz CT molecular complexity index is 501. The summed E-state index contributed by atoms with van der Waals surface area (Å²) >= 11 is 0. The van der Waals surface area contributed by atoms with Crippen LogP contribution < -0.4 is 10.9 Å². The Balaban J connectivity index is 2.86. The monoisotopic (exact) mass is 281 g/mol. The molecule has 1 aromatic heterocycles. The number of alkyl halides is 4. The van der Waals surface area contributed by atoms with Crippen LogP contribution in [0.4, 0.5) is 17.6 Å². The molecule has 1 atom stereocenters. The maximum absolute atomic E-state index is 12.8. The number of H-pyrrole nitrogens is 1. The van der Waals surface area contributed by atoms with Crippen LogP contribution in [0.25, 0.3) is 0 Å². The Morgan fingerprint density at radius 1 is 1.37 bits per heavy atom. The lowest BCUT2D eigenvalue weighted by Gasteiger charge is -2.20. The number of aryl methyl sites for hydroxylation is 2. The molecule has 0 saturated carbocycles. The normalized spacial score (nSPS) is 13.9. The van der Waals surface area contributed by atoms with E-state index in [0.717, 1.165) is 0 Å². The molecule has 0 spiro atoms. The summed E-state index contributed by atoms with van der Waals surface area (Å²) < 4.78 is 49.6. The van der Waals surface area contributed by atoms with Gasteiger partial charge >= 0.3 is 12.3 Å². The molecule has 1 aromatic rings. The first kappa shape index (κ1) is 15.6. The molecule has 0 bridgehead atoms. The third-order valence-corrected chi connectivity index (χ3v) is 2.66. The van der Waals surface area contributed by atoms with Gasteiger partial charge in [0.1, 0.15) is 5.82 Å². The highest BCUT2D eigenvalue weighted by Gasteiger charge is 2.40. The number of rotatable bonds is 5. The second kappa shape index (κ2) is 5.68. The van der Waals surface area contributed by atoms with E-state index in [1.807, 2.05) is 0 Å². The molecule has 0 radical (unpaired) electrons. The minimum Gasteiger partial charge on any atom is -0.310 e. The summed E-state index contributed by atoms with van der Waals surface area (Å²) in [5.41, 5.74) is 0.0719. The van der Waals surface area contributed by atoms with Crippen LogP contribution in [0.15, 0.2) is 4.79 Å². The standard InChI is InChI=1S/C11H15F4N3O/c1-5(16-4-11(14,15)10(12)13)8-6(2)17-7(3)18-9(8)19/h5,10,16H,4H2,1-3H3,(H,17,18,19). The molecule has 4 nitrogen and oxygen atoms in total. The highest BCUT2D eigenvalue weighted by molar-refractivity contribution is 5.20. The number of halogens is 4. The predicted molar refractivity (Wildman–Crippen MR) is 61.7 cm³/mol. The highest BCUT2D eigenvalue weighted by Crippen LogP contribution is 2.23. The number of hydrogen-bond donors (Lipinski definition) is 2. The molecule has 2 N–H and O–H groups in total. The second-order valence-corrected chi connectivity index (χ2v) is 4.31. The van der Waals surface area contributed by atoms with Crippen molar-refractivity contribution in [1.29, 1.82) is 0 Å². The fourth-order valence-corrected chi connectivity index (χ4v) is 1.71. The van der Waals surface area contributed by atoms with Crippen LogP contribution in [-0.2, 0) is 0 Å². The molecule has 0 saturated heterocycles. The molecule has 1 heterocycles. The van der Waals surface area contributed by atoms with Gasteiger partial charge in [0.15, 0.2) is 0 Å². The van der Waals surface area contributed by atoms with Gasteiger partial charge < -0.3 is 10.3 Å². The van der Waals surface area contributed by atoms with Crippen LogP contribution in [0.2, 0.25) is 0 Å². The van der Waals surface area contributed by atoms with Gasteiger partial charge in [0.25, 0.3) is 5.56 Å². The van der Waals surface area contributed by atoms with Crippen molar-refractivity contribution in [1.82, 2.24) is 15.3 Å². The lowest BCUT2D eigenvalue weighted by molar-refractivity contribution is -0.126. The zero-order valence-corrected chi connectivity index (χ0v) is 10.7. The Kier molecular flexibility index (Phi) is 4.67. The van der Waals surface area contributed by atoms with E-state index in [1.54, 1.807) is 13.8 Å². The van der Waals surface area contributed by atoms with E-state index < -0.39 is 30.5 Å². The van der Waals surface area contributed by atoms with E-state index in [4.69, 9.17) is 0 Å². The van der Waals surface area contributed by atoms with Crippen molar-refractivity contribution in [2.45, 2.75) is 39.2 Å². The quantitative estimate of drug-likeness (QED) is 0.811. The van der Waals surface area contributed by atoms with Crippen LogP contribution in [0, 0.1) is 13.8 Å². The van der Waals surface area contributed by atoms with Gasteiger partial charge in [-0.05, 0) is 20.8 Å². The minimum absolute atomic E-state index is 0.163. The lowest BCUT2D eigenvalue weighted by atomic mass is 10.1. The second-order valence-electron chi connectivity index (χ2n) is 4.31. The van der Waals surface area contributed by atoms with E-state index in [2.05, 4.69) is 15.3 Å². The summed E-state index contributed by atoms with van der Waals surface area (Å²) in [6, 6.07) is -0.804. The zero-order chi connectivity index (χ0) is 14.8. The third-order valence-electron chi connectivity index (χ3n) is 2.66. The Morgan fingerprint density at radius 2 is 1.95 bits per heavy atom. The maximum atomic E-state index is 12.8. The molecule has 0 aliphatic heterocycles. The van der Waals surface area contributed by atoms with E-state index in [0.29, 0.717) is 11.5 Å². The van der Waals surface area contributed by atoms with E-state index in [1.165, 1.54) is 6.92 Å². The van der Waals surface area contributed by atoms with Crippen molar-refractivity contribution in [3.8, 4) is 0 Å². The number of hydrogen-bond acceptors (Lipinski definition) is 3. The minimum atomic E-state index is -4.13. The summed E-state index contributed by atoms with van der Waals surface area (Å²) in [4.78, 5) is 18.1. The Labute approximate surface area is 107 Å². The zero-order valence-electron chi connectivity index (χ0n) is 10.7. The summed E-state index contributed by atoms with van der Waals surface area (Å²) in [6.45, 7) is 3.37. The van der Waals surface area contributed by atoms with Crippen molar-refractivity contribution in [3.63, 3.8) is 0 Å². The van der Waals surface area contributed by atoms with Crippen LogP contribution in [0.3, 0.4) is 0 Å². The average molecular weight is 281 g/mol. The summed E-state index contributed by atoms with van der Waals surface area (Å²) in [5.74, 6) is -3.73. The maximum Gasteiger partial charge on any atom is 0.319 e. The van der Waals surface area contributed by atoms with Crippen LogP contribution in [-0.4, -0.2) is 28.9 Å². The molecule has 8 heteroatoms. The smallest absolute Gasteiger partial charge is 0.310 e. The Morgan fingerprint density at radius 3 is 2.42 bits per heavy atom. The molecular weight excluding hydrogens is 266 g/mol. The topological polar surface area (TPSA) is 57.8 Å². The number of aromatic nitrogens is 2. The molecule has 0 fully saturated rings. The summed E-state index contributed by atoms with van der Waals surface area (Å²) in [6.07, 6.45) is -3.75. The van der Waals surface area contributed by atoms with Gasteiger partial charge in [0.05, 0.1) is 12.1 Å². The van der Waals surface area contributed by atoms with Crippen molar-refractivity contribution >= 4 is 0 Å². The number of nitrogens with one attached hydrogen (secondary N) is 2. The van der Waals surface area contributed by atoms with Gasteiger partial charge in [-0.2, -0.15) is 8.78 Å². The average Bonchev–Trinajstić information content (AvgIpc) is 2.24. The summed E-state index contributed by atoms with van der Waals surface area (Å²) in [7, 11) is 0. The van der Waals surface area contributed by atoms with Crippen LogP contribution >= 0.6 is 0 Å². The molecule has 1 unspecified atom stereocenters. The van der Waals surface area contributed by atoms with Crippen molar-refractivity contribution in [3.05, 3.63) is 27.4 Å². The number of aromatic amines is 1. The molecule has 19 heavy (non-hydrogen) atoms. The SMILES string of the molecule is Cc1nc(C)c(C(C)NCC(F)(F)C(F)F)c(=O)[nH]1. The molecule has 1 rings (SSSR count). The molecule has 0 aliphatic rings. The van der Waals surface area contributed by atoms with Gasteiger partial charge in [-0.1, -0.05) is 0 Å². The number of nitrogens with zero attached hydrogens (tertiary/aromatic N) is 1. The predicted octanol–water partition coefficient (Wildman–Crippen LogP) is 1.94. The van der Waals surface area contributed by atoms with Gasteiger partial charge in [-0.3, -0.25) is 4.79 Å². The summed E-state index contributed by atoms with van der Waals surface area (Å²) in [5, 5.41) is 2.23. The molecule has 0 aromatic carbocycles. The molecule has 0 aliphatic carbocycles. The first-order valence-corrected chi connectivity index (χ1v) is 5.62. The van der Waals surface area contributed by atoms with Crippen molar-refractivity contribution < 1.29 is 17.6 Å².